The third-order valence-electron chi connectivity index (χ3n) is 4.70. The second-order valence-electron chi connectivity index (χ2n) is 7.09. The summed E-state index contributed by atoms with van der Waals surface area (Å²) in [7, 11) is 0. The first kappa shape index (κ1) is 20.5. The maximum atomic E-state index is 12.1. The first-order valence-electron chi connectivity index (χ1n) is 9.41. The molecule has 1 aliphatic heterocycles. The lowest BCUT2D eigenvalue weighted by Crippen LogP contribution is -2.55. The molecule has 0 bridgehead atoms. The second-order valence-corrected chi connectivity index (χ2v) is 7.52. The van der Waals surface area contributed by atoms with E-state index in [4.69, 9.17) is 16.3 Å². The van der Waals surface area contributed by atoms with E-state index in [-0.39, 0.29) is 24.8 Å². The van der Waals surface area contributed by atoms with Crippen LogP contribution in [0.1, 0.15) is 12.0 Å². The molecule has 1 aliphatic rings. The number of likely N-dealkylation sites (tertiary alicyclic amines) is 1. The molecule has 0 aliphatic carbocycles. The summed E-state index contributed by atoms with van der Waals surface area (Å²) >= 11 is 5.87. The molecular formula is C21H26ClN3O3. The van der Waals surface area contributed by atoms with E-state index in [1.54, 1.807) is 0 Å². The molecule has 2 aromatic carbocycles. The molecule has 0 spiro atoms. The fraction of sp³-hybridized carbons (Fsp3) is 0.381. The number of carbonyl (C=O) groups is 1. The van der Waals surface area contributed by atoms with E-state index in [0.717, 1.165) is 36.6 Å². The molecule has 2 amide bonds. The van der Waals surface area contributed by atoms with Gasteiger partial charge in [0.05, 0.1) is 12.6 Å². The quantitative estimate of drug-likeness (QED) is 0.632. The summed E-state index contributed by atoms with van der Waals surface area (Å²) in [5.74, 6) is 0.816. The summed E-state index contributed by atoms with van der Waals surface area (Å²) in [6.07, 6.45) is 0.831. The number of aliphatic hydroxyl groups excluding tert-OH is 1. The van der Waals surface area contributed by atoms with Gasteiger partial charge < -0.3 is 20.5 Å². The molecule has 7 heteroatoms. The van der Waals surface area contributed by atoms with Crippen LogP contribution in [0.2, 0.25) is 5.02 Å². The van der Waals surface area contributed by atoms with E-state index in [9.17, 15) is 9.90 Å². The number of hydrogen-bond acceptors (Lipinski definition) is 4. The van der Waals surface area contributed by atoms with Crippen molar-refractivity contribution in [3.8, 4) is 5.75 Å². The lowest BCUT2D eigenvalue weighted by atomic mass is 10.1. The Labute approximate surface area is 170 Å². The number of nitrogens with one attached hydrogen (secondary N) is 2. The number of halogens is 1. The number of rotatable bonds is 8. The van der Waals surface area contributed by atoms with Gasteiger partial charge >= 0.3 is 6.03 Å². The Morgan fingerprint density at radius 1 is 1.21 bits per heavy atom. The van der Waals surface area contributed by atoms with Crippen LogP contribution in [0.15, 0.2) is 48.5 Å². The van der Waals surface area contributed by atoms with Gasteiger partial charge in [-0.3, -0.25) is 4.90 Å². The van der Waals surface area contributed by atoms with Crippen LogP contribution >= 0.6 is 11.6 Å². The Bertz CT molecular complexity index is 761. The van der Waals surface area contributed by atoms with E-state index in [1.165, 1.54) is 0 Å². The van der Waals surface area contributed by atoms with Gasteiger partial charge in [-0.05, 0) is 49.7 Å². The number of ether oxygens (including phenoxy) is 1. The second kappa shape index (κ2) is 9.78. The summed E-state index contributed by atoms with van der Waals surface area (Å²) in [4.78, 5) is 14.3. The van der Waals surface area contributed by atoms with E-state index in [1.807, 2.05) is 55.5 Å². The van der Waals surface area contributed by atoms with Crippen molar-refractivity contribution in [3.63, 3.8) is 0 Å². The summed E-state index contributed by atoms with van der Waals surface area (Å²) in [6, 6.07) is 14.3. The van der Waals surface area contributed by atoms with Crippen LogP contribution in [0, 0.1) is 6.92 Å². The van der Waals surface area contributed by atoms with Crippen molar-refractivity contribution < 1.29 is 14.6 Å². The zero-order valence-corrected chi connectivity index (χ0v) is 16.7. The minimum absolute atomic E-state index is 0.0974. The van der Waals surface area contributed by atoms with Crippen LogP contribution in [0.3, 0.4) is 0 Å². The van der Waals surface area contributed by atoms with Gasteiger partial charge in [-0.1, -0.05) is 29.3 Å². The number of benzene rings is 2. The molecule has 1 atom stereocenters. The Kier molecular flexibility index (Phi) is 7.14. The first-order valence-corrected chi connectivity index (χ1v) is 9.79. The number of carbonyl (C=O) groups excluding carboxylic acids is 1. The number of nitrogens with zero attached hydrogens (tertiary/aromatic N) is 1. The maximum Gasteiger partial charge on any atom is 0.319 e. The molecule has 28 heavy (non-hydrogen) atoms. The fourth-order valence-corrected chi connectivity index (χ4v) is 3.15. The van der Waals surface area contributed by atoms with Crippen LogP contribution < -0.4 is 15.4 Å². The molecule has 1 fully saturated rings. The lowest BCUT2D eigenvalue weighted by Gasteiger charge is -2.39. The molecule has 0 unspecified atom stereocenters. The van der Waals surface area contributed by atoms with Crippen molar-refractivity contribution in [2.75, 3.05) is 31.6 Å². The molecule has 0 saturated carbocycles. The van der Waals surface area contributed by atoms with Gasteiger partial charge in [0, 0.05) is 30.3 Å². The predicted octanol–water partition coefficient (Wildman–Crippen LogP) is 3.28. The Balaban J connectivity index is 1.34. The third-order valence-corrected chi connectivity index (χ3v) is 4.95. The first-order chi connectivity index (χ1) is 13.5. The van der Waals surface area contributed by atoms with E-state index in [2.05, 4.69) is 15.5 Å². The molecule has 0 aromatic heterocycles. The van der Waals surface area contributed by atoms with E-state index >= 15 is 0 Å². The summed E-state index contributed by atoms with van der Waals surface area (Å²) in [5.41, 5.74) is 1.86. The number of aliphatic hydroxyl groups is 1. The van der Waals surface area contributed by atoms with Crippen molar-refractivity contribution in [1.29, 1.82) is 0 Å². The molecule has 1 saturated heterocycles. The highest BCUT2D eigenvalue weighted by molar-refractivity contribution is 6.30. The molecule has 2 aromatic rings. The normalized spacial score (nSPS) is 15.5. The Hall–Kier alpha value is -2.28. The molecular weight excluding hydrogens is 378 g/mol. The number of urea groups is 1. The highest BCUT2D eigenvalue weighted by atomic mass is 35.5. The molecule has 3 rings (SSSR count). The summed E-state index contributed by atoms with van der Waals surface area (Å²) < 4.78 is 5.88. The standard InChI is InChI=1S/C21H26ClN3O3/c1-15-2-6-17(7-3-15)23-21(27)24-18(14-26)10-11-25-12-20(13-25)28-19-8-4-16(22)5-9-19/h2-9,18,20,26H,10-14H2,1H3,(H2,23,24,27)/t18-/m0/s1. The minimum Gasteiger partial charge on any atom is -0.488 e. The van der Waals surface area contributed by atoms with Gasteiger partial charge in [0.25, 0.3) is 0 Å². The maximum absolute atomic E-state index is 12.1. The molecule has 3 N–H and O–H groups in total. The highest BCUT2D eigenvalue weighted by Gasteiger charge is 2.28. The molecule has 6 nitrogen and oxygen atoms in total. The van der Waals surface area contributed by atoms with E-state index in [0.29, 0.717) is 11.4 Å². The van der Waals surface area contributed by atoms with Crippen LogP contribution in [0.5, 0.6) is 5.75 Å². The third kappa shape index (κ3) is 6.12. The van der Waals surface area contributed by atoms with Gasteiger partial charge in [-0.15, -0.1) is 0 Å². The van der Waals surface area contributed by atoms with Gasteiger partial charge in [-0.25, -0.2) is 4.79 Å². The van der Waals surface area contributed by atoms with Crippen LogP contribution in [0.25, 0.3) is 0 Å². The monoisotopic (exact) mass is 403 g/mol. The fourth-order valence-electron chi connectivity index (χ4n) is 3.02. The lowest BCUT2D eigenvalue weighted by molar-refractivity contribution is 0.0168. The average Bonchev–Trinajstić information content (AvgIpc) is 2.65. The van der Waals surface area contributed by atoms with Crippen molar-refractivity contribution in [3.05, 3.63) is 59.1 Å². The van der Waals surface area contributed by atoms with Gasteiger partial charge in [-0.2, -0.15) is 0 Å². The smallest absolute Gasteiger partial charge is 0.319 e. The topological polar surface area (TPSA) is 73.8 Å². The van der Waals surface area contributed by atoms with Crippen LogP contribution in [-0.2, 0) is 0 Å². The van der Waals surface area contributed by atoms with E-state index < -0.39 is 0 Å². The zero-order valence-electron chi connectivity index (χ0n) is 15.9. The highest BCUT2D eigenvalue weighted by Crippen LogP contribution is 2.20. The number of hydrogen-bond donors (Lipinski definition) is 3. The van der Waals surface area contributed by atoms with Crippen molar-refractivity contribution >= 4 is 23.3 Å². The molecule has 1 heterocycles. The largest absolute Gasteiger partial charge is 0.488 e. The predicted molar refractivity (Wildman–Crippen MR) is 111 cm³/mol. The average molecular weight is 404 g/mol. The Morgan fingerprint density at radius 2 is 1.89 bits per heavy atom. The minimum atomic E-state index is -0.310. The van der Waals surface area contributed by atoms with Crippen molar-refractivity contribution in [2.24, 2.45) is 0 Å². The number of anilines is 1. The Morgan fingerprint density at radius 3 is 2.54 bits per heavy atom. The van der Waals surface area contributed by atoms with Crippen molar-refractivity contribution in [2.45, 2.75) is 25.5 Å². The van der Waals surface area contributed by atoms with Gasteiger partial charge in [0.2, 0.25) is 0 Å². The van der Waals surface area contributed by atoms with Crippen LogP contribution in [-0.4, -0.2) is 54.4 Å². The molecule has 150 valence electrons. The van der Waals surface area contributed by atoms with Gasteiger partial charge in [0.15, 0.2) is 0 Å². The summed E-state index contributed by atoms with van der Waals surface area (Å²) in [5, 5.41) is 15.8. The van der Waals surface area contributed by atoms with Crippen molar-refractivity contribution in [1.82, 2.24) is 10.2 Å². The van der Waals surface area contributed by atoms with Crippen LogP contribution in [0.4, 0.5) is 10.5 Å². The van der Waals surface area contributed by atoms with Gasteiger partial charge in [0.1, 0.15) is 11.9 Å². The summed E-state index contributed by atoms with van der Waals surface area (Å²) in [6.45, 7) is 4.34. The number of amides is 2. The SMILES string of the molecule is Cc1ccc(NC(=O)N[C@H](CO)CCN2CC(Oc3ccc(Cl)cc3)C2)cc1. The molecule has 0 radical (unpaired) electrons. The number of aryl methyl sites for hydroxylation is 1. The zero-order chi connectivity index (χ0) is 19.9.